The first-order valence-electron chi connectivity index (χ1n) is 6.69. The molecule has 0 bridgehead atoms. The first-order valence-corrected chi connectivity index (χ1v) is 6.69. The van der Waals surface area contributed by atoms with E-state index in [1.54, 1.807) is 7.11 Å². The zero-order chi connectivity index (χ0) is 14.4. The van der Waals surface area contributed by atoms with Gasteiger partial charge in [-0.1, -0.05) is 36.4 Å². The van der Waals surface area contributed by atoms with E-state index in [0.29, 0.717) is 11.3 Å². The summed E-state index contributed by atoms with van der Waals surface area (Å²) in [5, 5.41) is 5.27. The molecule has 0 radical (unpaired) electrons. The topological polar surface area (TPSA) is 39.4 Å². The number of ether oxygens (including phenoxy) is 1. The molecule has 102 valence electrons. The normalized spacial score (nSPS) is 11.3. The zero-order valence-corrected chi connectivity index (χ0v) is 11.4. The lowest BCUT2D eigenvalue weighted by Crippen LogP contribution is -1.98. The monoisotopic (exact) mass is 276 g/mol. The minimum Gasteiger partial charge on any atom is -0.496 e. The van der Waals surface area contributed by atoms with Gasteiger partial charge in [0.15, 0.2) is 0 Å². The summed E-state index contributed by atoms with van der Waals surface area (Å²) in [6.07, 6.45) is 0. The van der Waals surface area contributed by atoms with Gasteiger partial charge in [0.25, 0.3) is 0 Å². The van der Waals surface area contributed by atoms with Crippen LogP contribution in [-0.4, -0.2) is 7.11 Å². The highest BCUT2D eigenvalue weighted by molar-refractivity contribution is 6.11. The molecule has 3 nitrogen and oxygen atoms in total. The van der Waals surface area contributed by atoms with Crippen LogP contribution >= 0.6 is 0 Å². The molecule has 0 atom stereocenters. The van der Waals surface area contributed by atoms with E-state index >= 15 is 0 Å². The van der Waals surface area contributed by atoms with Crippen LogP contribution < -0.4 is 10.4 Å². The van der Waals surface area contributed by atoms with E-state index in [0.717, 1.165) is 26.9 Å². The fourth-order valence-electron chi connectivity index (χ4n) is 2.80. The van der Waals surface area contributed by atoms with Crippen LogP contribution in [0, 0.1) is 0 Å². The predicted molar refractivity (Wildman–Crippen MR) is 84.0 cm³/mol. The molecule has 0 saturated heterocycles. The zero-order valence-electron chi connectivity index (χ0n) is 11.4. The van der Waals surface area contributed by atoms with E-state index in [2.05, 4.69) is 24.3 Å². The fraction of sp³-hybridized carbons (Fsp3) is 0.0556. The highest BCUT2D eigenvalue weighted by Crippen LogP contribution is 2.32. The van der Waals surface area contributed by atoms with E-state index in [9.17, 15) is 4.79 Å². The second-order valence-electron chi connectivity index (χ2n) is 4.99. The molecule has 3 aromatic carbocycles. The second kappa shape index (κ2) is 4.35. The molecule has 1 aromatic heterocycles. The summed E-state index contributed by atoms with van der Waals surface area (Å²) >= 11 is 0. The van der Waals surface area contributed by atoms with E-state index in [-0.39, 0.29) is 0 Å². The third kappa shape index (κ3) is 1.78. The lowest BCUT2D eigenvalue weighted by molar-refractivity contribution is 0.413. The maximum absolute atomic E-state index is 11.6. The molecule has 0 aliphatic carbocycles. The summed E-state index contributed by atoms with van der Waals surface area (Å²) in [5.41, 5.74) is 0.141. The molecule has 1 heterocycles. The highest BCUT2D eigenvalue weighted by atomic mass is 16.5. The Morgan fingerprint density at radius 2 is 1.67 bits per heavy atom. The summed E-state index contributed by atoms with van der Waals surface area (Å²) < 4.78 is 10.6. The Labute approximate surface area is 120 Å². The van der Waals surface area contributed by atoms with Crippen LogP contribution in [-0.2, 0) is 0 Å². The summed E-state index contributed by atoms with van der Waals surface area (Å²) in [4.78, 5) is 11.6. The molecule has 0 amide bonds. The second-order valence-corrected chi connectivity index (χ2v) is 4.99. The minimum absolute atomic E-state index is 0.404. The first kappa shape index (κ1) is 12.0. The lowest BCUT2D eigenvalue weighted by atomic mass is 10.0. The Balaban J connectivity index is 2.23. The van der Waals surface area contributed by atoms with Crippen LogP contribution in [0.4, 0.5) is 0 Å². The van der Waals surface area contributed by atoms with Crippen LogP contribution in [0.25, 0.3) is 32.5 Å². The molecular formula is C18H12O3. The minimum atomic E-state index is -0.404. The van der Waals surface area contributed by atoms with Crippen molar-refractivity contribution in [2.75, 3.05) is 7.11 Å². The van der Waals surface area contributed by atoms with Crippen molar-refractivity contribution in [3.63, 3.8) is 0 Å². The van der Waals surface area contributed by atoms with Gasteiger partial charge >= 0.3 is 5.63 Å². The number of fused-ring (bicyclic) bond motifs is 4. The van der Waals surface area contributed by atoms with E-state index < -0.39 is 5.63 Å². The summed E-state index contributed by atoms with van der Waals surface area (Å²) in [6.45, 7) is 0. The molecule has 0 aliphatic heterocycles. The fourth-order valence-corrected chi connectivity index (χ4v) is 2.80. The van der Waals surface area contributed by atoms with Crippen molar-refractivity contribution in [2.45, 2.75) is 0 Å². The SMILES string of the molecule is COc1cc(=O)oc2cc3c(ccc4ccccc43)cc12. The third-order valence-electron chi connectivity index (χ3n) is 3.79. The van der Waals surface area contributed by atoms with Crippen molar-refractivity contribution in [2.24, 2.45) is 0 Å². The van der Waals surface area contributed by atoms with Crippen LogP contribution in [0.15, 0.2) is 63.8 Å². The molecule has 3 heteroatoms. The molecule has 0 spiro atoms. The van der Waals surface area contributed by atoms with Crippen molar-refractivity contribution < 1.29 is 9.15 Å². The standard InChI is InChI=1S/C18H12O3/c1-20-16-10-18(19)21-17-9-14-12(8-15(16)17)7-6-11-4-2-3-5-13(11)14/h2-10H,1H3. The van der Waals surface area contributed by atoms with Crippen LogP contribution in [0.2, 0.25) is 0 Å². The number of methoxy groups -OCH3 is 1. The molecule has 4 aromatic rings. The van der Waals surface area contributed by atoms with Gasteiger partial charge in [-0.25, -0.2) is 4.79 Å². The maximum atomic E-state index is 11.6. The molecule has 0 fully saturated rings. The van der Waals surface area contributed by atoms with Crippen molar-refractivity contribution in [1.29, 1.82) is 0 Å². The largest absolute Gasteiger partial charge is 0.496 e. The molecule has 0 unspecified atom stereocenters. The van der Waals surface area contributed by atoms with Crippen LogP contribution in [0.3, 0.4) is 0 Å². The molecule has 4 rings (SSSR count). The van der Waals surface area contributed by atoms with Crippen LogP contribution in [0.1, 0.15) is 0 Å². The molecule has 0 aliphatic rings. The van der Waals surface area contributed by atoms with E-state index in [1.165, 1.54) is 6.07 Å². The van der Waals surface area contributed by atoms with Gasteiger partial charge in [0.2, 0.25) is 0 Å². The van der Waals surface area contributed by atoms with Crippen molar-refractivity contribution in [1.82, 2.24) is 0 Å². The number of benzene rings is 3. The lowest BCUT2D eigenvalue weighted by Gasteiger charge is -2.08. The average molecular weight is 276 g/mol. The molecule has 0 saturated carbocycles. The number of rotatable bonds is 1. The van der Waals surface area contributed by atoms with Crippen LogP contribution in [0.5, 0.6) is 5.75 Å². The van der Waals surface area contributed by atoms with Gasteiger partial charge in [0, 0.05) is 0 Å². The Hall–Kier alpha value is -2.81. The van der Waals surface area contributed by atoms with Gasteiger partial charge in [0.05, 0.1) is 18.6 Å². The van der Waals surface area contributed by atoms with Gasteiger partial charge in [0.1, 0.15) is 11.3 Å². The van der Waals surface area contributed by atoms with E-state index in [1.807, 2.05) is 24.3 Å². The van der Waals surface area contributed by atoms with Gasteiger partial charge in [-0.15, -0.1) is 0 Å². The number of hydrogen-bond acceptors (Lipinski definition) is 3. The average Bonchev–Trinajstić information content (AvgIpc) is 2.52. The summed E-state index contributed by atoms with van der Waals surface area (Å²) in [7, 11) is 1.55. The Kier molecular flexibility index (Phi) is 2.48. The van der Waals surface area contributed by atoms with Crippen molar-refractivity contribution in [3.8, 4) is 5.75 Å². The predicted octanol–water partition coefficient (Wildman–Crippen LogP) is 4.11. The third-order valence-corrected chi connectivity index (χ3v) is 3.79. The van der Waals surface area contributed by atoms with Gasteiger partial charge in [-0.2, -0.15) is 0 Å². The Morgan fingerprint density at radius 3 is 2.52 bits per heavy atom. The van der Waals surface area contributed by atoms with Crippen molar-refractivity contribution >= 4 is 32.5 Å². The Morgan fingerprint density at radius 1 is 0.857 bits per heavy atom. The summed E-state index contributed by atoms with van der Waals surface area (Å²) in [6, 6.07) is 17.6. The van der Waals surface area contributed by atoms with E-state index in [4.69, 9.17) is 9.15 Å². The van der Waals surface area contributed by atoms with Crippen molar-refractivity contribution in [3.05, 3.63) is 65.0 Å². The van der Waals surface area contributed by atoms with Gasteiger partial charge < -0.3 is 9.15 Å². The molecular weight excluding hydrogens is 264 g/mol. The van der Waals surface area contributed by atoms with Gasteiger partial charge in [-0.3, -0.25) is 0 Å². The first-order chi connectivity index (χ1) is 10.3. The molecule has 0 N–H and O–H groups in total. The van der Waals surface area contributed by atoms with Gasteiger partial charge in [-0.05, 0) is 33.7 Å². The number of hydrogen-bond donors (Lipinski definition) is 0. The summed E-state index contributed by atoms with van der Waals surface area (Å²) in [5.74, 6) is 0.538. The highest BCUT2D eigenvalue weighted by Gasteiger charge is 2.09. The smallest absolute Gasteiger partial charge is 0.339 e. The maximum Gasteiger partial charge on any atom is 0.339 e. The quantitative estimate of drug-likeness (QED) is 0.298. The Bertz CT molecular complexity index is 1040. The molecule has 21 heavy (non-hydrogen) atoms.